The van der Waals surface area contributed by atoms with E-state index in [4.69, 9.17) is 9.47 Å². The number of amides is 5. The lowest BCUT2D eigenvalue weighted by molar-refractivity contribution is 0.102. The van der Waals surface area contributed by atoms with Crippen LogP contribution in [0, 0.1) is 13.8 Å². The molecule has 3 aromatic carbocycles. The van der Waals surface area contributed by atoms with Crippen molar-refractivity contribution < 1.29 is 28.7 Å². The molecule has 5 aromatic heterocycles. The number of hydrogen-bond acceptors (Lipinski definition) is 12. The average molecular weight is 1050 g/mol. The minimum Gasteiger partial charge on any atom is -0.457 e. The average Bonchev–Trinajstić information content (AvgIpc) is 3.83. The van der Waals surface area contributed by atoms with Crippen molar-refractivity contribution in [2.75, 3.05) is 49.0 Å². The van der Waals surface area contributed by atoms with Crippen LogP contribution in [-0.2, 0) is 14.1 Å². The predicted molar refractivity (Wildman–Crippen MR) is 302 cm³/mol. The van der Waals surface area contributed by atoms with E-state index in [9.17, 15) is 28.8 Å². The van der Waals surface area contributed by atoms with Crippen molar-refractivity contribution in [1.29, 1.82) is 0 Å². The Labute approximate surface area is 447 Å². The quantitative estimate of drug-likeness (QED) is 0.0678. The number of hydrogen-bond donors (Lipinski definition) is 5. The van der Waals surface area contributed by atoms with Crippen LogP contribution in [0.4, 0.5) is 32.7 Å². The van der Waals surface area contributed by atoms with E-state index in [2.05, 4.69) is 41.5 Å². The summed E-state index contributed by atoms with van der Waals surface area (Å²) >= 11 is 0. The van der Waals surface area contributed by atoms with Crippen LogP contribution >= 0.6 is 0 Å². The van der Waals surface area contributed by atoms with Crippen molar-refractivity contribution in [1.82, 2.24) is 43.9 Å². The number of nitrogens with zero attached hydrogens (tertiary/aromatic N) is 8. The zero-order valence-electron chi connectivity index (χ0n) is 45.4. The number of para-hydroxylation sites is 2. The third-order valence-corrected chi connectivity index (χ3v) is 10.8. The van der Waals surface area contributed by atoms with E-state index in [0.717, 1.165) is 11.5 Å². The highest BCUT2D eigenvalue weighted by atomic mass is 16.5. The molecular formula is C56H67N13O8. The first-order valence-electron chi connectivity index (χ1n) is 24.6. The normalized spacial score (nSPS) is 9.92. The van der Waals surface area contributed by atoms with Crippen molar-refractivity contribution in [3.05, 3.63) is 183 Å². The molecule has 0 saturated heterocycles. The largest absolute Gasteiger partial charge is 0.457 e. The van der Waals surface area contributed by atoms with E-state index in [1.165, 1.54) is 20.5 Å². The van der Waals surface area contributed by atoms with Crippen LogP contribution in [0.5, 0.6) is 23.0 Å². The summed E-state index contributed by atoms with van der Waals surface area (Å²) in [6.45, 7) is 13.8. The lowest BCUT2D eigenvalue weighted by Gasteiger charge is -2.12. The number of anilines is 4. The number of ether oxygens (including phenoxy) is 2. The van der Waals surface area contributed by atoms with Gasteiger partial charge in [-0.05, 0) is 93.6 Å². The van der Waals surface area contributed by atoms with Crippen LogP contribution in [0.15, 0.2) is 150 Å². The number of nitrogens with one attached hydrogen (secondary N) is 5. The Hall–Kier alpha value is -9.79. The van der Waals surface area contributed by atoms with Crippen molar-refractivity contribution in [2.45, 2.75) is 48.5 Å². The molecule has 0 saturated carbocycles. The van der Waals surface area contributed by atoms with Gasteiger partial charge in [-0.1, -0.05) is 64.1 Å². The van der Waals surface area contributed by atoms with Crippen LogP contribution in [0.1, 0.15) is 66.7 Å². The van der Waals surface area contributed by atoms with Gasteiger partial charge in [-0.3, -0.25) is 39.2 Å². The van der Waals surface area contributed by atoms with Gasteiger partial charge in [0.25, 0.3) is 17.0 Å². The summed E-state index contributed by atoms with van der Waals surface area (Å²) in [5.41, 5.74) is 2.78. The smallest absolute Gasteiger partial charge is 0.322 e. The highest BCUT2D eigenvalue weighted by molar-refractivity contribution is 6.05. The summed E-state index contributed by atoms with van der Waals surface area (Å²) in [6, 6.07) is 34.7. The Kier molecular flexibility index (Phi) is 23.1. The zero-order chi connectivity index (χ0) is 56.6. The standard InChI is InChI=1S/C26H26N6O4.C14H17N5O2.C12H12N2O2.2C2H6/c1-4-27-26(35)30-22-16-21(14-15-28-22)36-20-12-10-18(11-13-20)29-24(33)23-17(2)31(3)32(25(23)34)19-8-6-5-7-9-19;1-15-12-5-4-11(9-17-12)21-10-6-7-16-13(8-10)18-14(20)19(2)3;1-9-11(8-15)12(16)14(13(9)2)10-6-4-3-5-7-10;2*1-2/h5-16H,4H2,1-3H3,(H,29,33)(H2,27,28,30,35);4-9H,1-3H3,(H,15,17)(H,16,18,20);3-8H,1-2H3;2*1-2H3. The number of benzene rings is 3. The highest BCUT2D eigenvalue weighted by Gasteiger charge is 2.22. The molecule has 404 valence electrons. The summed E-state index contributed by atoms with van der Waals surface area (Å²) in [6.07, 6.45) is 5.31. The van der Waals surface area contributed by atoms with E-state index >= 15 is 0 Å². The fourth-order valence-electron chi connectivity index (χ4n) is 6.84. The molecule has 5 heterocycles. The maximum atomic E-state index is 13.1. The summed E-state index contributed by atoms with van der Waals surface area (Å²) < 4.78 is 17.8. The molecule has 8 rings (SSSR count). The predicted octanol–water partition coefficient (Wildman–Crippen LogP) is 9.82. The van der Waals surface area contributed by atoms with Gasteiger partial charge in [0.05, 0.1) is 23.3 Å². The molecule has 21 nitrogen and oxygen atoms in total. The first kappa shape index (κ1) is 59.8. The topological polar surface area (TPSA) is 243 Å². The number of urea groups is 2. The number of aldehydes is 1. The molecule has 21 heteroatoms. The van der Waals surface area contributed by atoms with Crippen molar-refractivity contribution in [2.24, 2.45) is 14.1 Å². The summed E-state index contributed by atoms with van der Waals surface area (Å²) in [7, 11) is 8.61. The number of carbonyl (C=O) groups is 4. The highest BCUT2D eigenvalue weighted by Crippen LogP contribution is 2.26. The van der Waals surface area contributed by atoms with Crippen molar-refractivity contribution >= 4 is 47.4 Å². The second-order valence-electron chi connectivity index (χ2n) is 15.9. The van der Waals surface area contributed by atoms with Gasteiger partial charge in [-0.2, -0.15) is 0 Å². The number of rotatable bonds is 13. The van der Waals surface area contributed by atoms with Crippen LogP contribution in [0.3, 0.4) is 0 Å². The first-order chi connectivity index (χ1) is 37.1. The number of pyridine rings is 3. The third kappa shape index (κ3) is 16.4. The van der Waals surface area contributed by atoms with E-state index in [1.54, 1.807) is 125 Å². The molecule has 5 N–H and O–H groups in total. The van der Waals surface area contributed by atoms with E-state index < -0.39 is 11.5 Å². The maximum absolute atomic E-state index is 13.1. The molecule has 0 bridgehead atoms. The first-order valence-corrected chi connectivity index (χ1v) is 24.6. The van der Waals surface area contributed by atoms with Gasteiger partial charge in [-0.25, -0.2) is 33.9 Å². The van der Waals surface area contributed by atoms with Crippen LogP contribution in [0.2, 0.25) is 0 Å². The molecule has 0 radical (unpaired) electrons. The molecule has 0 aliphatic heterocycles. The van der Waals surface area contributed by atoms with Crippen LogP contribution in [0.25, 0.3) is 11.4 Å². The molecule has 0 aliphatic carbocycles. The van der Waals surface area contributed by atoms with Gasteiger partial charge in [-0.15, -0.1) is 0 Å². The van der Waals surface area contributed by atoms with Crippen LogP contribution < -0.4 is 47.2 Å². The second kappa shape index (κ2) is 29.8. The minimum absolute atomic E-state index is 0.0746. The molecular weight excluding hydrogens is 983 g/mol. The fraction of sp³-hybridized carbons (Fsp3) is 0.232. The summed E-state index contributed by atoms with van der Waals surface area (Å²) in [5.74, 6) is 3.21. The van der Waals surface area contributed by atoms with Crippen molar-refractivity contribution in [3.63, 3.8) is 0 Å². The van der Waals surface area contributed by atoms with Gasteiger partial charge in [0, 0.05) is 77.7 Å². The Balaban J connectivity index is 0.000000264. The van der Waals surface area contributed by atoms with E-state index in [1.807, 2.05) is 101 Å². The molecule has 0 atom stereocenters. The SMILES string of the molecule is CC.CC.CCNC(=O)Nc1cc(Oc2ccc(NC(=O)c3c(C)n(C)n(-c4ccccc4)c3=O)cc2)ccn1.CNc1ccc(Oc2ccnc(NC(=O)N(C)C)c2)cn1.Cc1c(C=O)c(=O)n(-c2ccccc2)n1C. The third-order valence-electron chi connectivity index (χ3n) is 10.8. The molecule has 0 aliphatic rings. The number of aromatic nitrogens is 7. The Morgan fingerprint density at radius 1 is 0.610 bits per heavy atom. The number of carbonyl (C=O) groups excluding carboxylic acids is 4. The lowest BCUT2D eigenvalue weighted by Crippen LogP contribution is -2.28. The summed E-state index contributed by atoms with van der Waals surface area (Å²) in [5, 5.41) is 13.6. The van der Waals surface area contributed by atoms with Crippen molar-refractivity contribution in [3.8, 4) is 34.4 Å². The Bertz CT molecular complexity index is 3300. The molecule has 77 heavy (non-hydrogen) atoms. The second-order valence-corrected chi connectivity index (χ2v) is 15.9. The molecule has 0 fully saturated rings. The molecule has 0 spiro atoms. The van der Waals surface area contributed by atoms with Gasteiger partial charge >= 0.3 is 12.1 Å². The fourth-order valence-corrected chi connectivity index (χ4v) is 6.84. The lowest BCUT2D eigenvalue weighted by atomic mass is 10.2. The monoisotopic (exact) mass is 1050 g/mol. The van der Waals surface area contributed by atoms with Gasteiger partial charge in [0.2, 0.25) is 0 Å². The molecule has 5 amide bonds. The van der Waals surface area contributed by atoms with E-state index in [-0.39, 0.29) is 28.7 Å². The van der Waals surface area contributed by atoms with Gasteiger partial charge in [0.1, 0.15) is 51.6 Å². The molecule has 8 aromatic rings. The Morgan fingerprint density at radius 3 is 1.60 bits per heavy atom. The summed E-state index contributed by atoms with van der Waals surface area (Å²) in [4.78, 5) is 85.8. The van der Waals surface area contributed by atoms with Gasteiger partial charge in [0.15, 0.2) is 6.29 Å². The Morgan fingerprint density at radius 2 is 1.12 bits per heavy atom. The van der Waals surface area contributed by atoms with Gasteiger partial charge < -0.3 is 30.3 Å². The van der Waals surface area contributed by atoms with E-state index in [0.29, 0.717) is 70.2 Å². The zero-order valence-corrected chi connectivity index (χ0v) is 45.4. The molecule has 0 unspecified atom stereocenters. The minimum atomic E-state index is -0.494. The maximum Gasteiger partial charge on any atom is 0.322 e. The van der Waals surface area contributed by atoms with Crippen LogP contribution in [-0.4, -0.2) is 90.5 Å².